The molecule has 1 aliphatic carbocycles. The van der Waals surface area contributed by atoms with Gasteiger partial charge in [0.05, 0.1) is 6.61 Å². The van der Waals surface area contributed by atoms with Gasteiger partial charge in [-0.3, -0.25) is 0 Å². The molecule has 0 aliphatic heterocycles. The summed E-state index contributed by atoms with van der Waals surface area (Å²) in [6.07, 6.45) is 6.19. The van der Waals surface area contributed by atoms with Crippen LogP contribution in [0.2, 0.25) is 0 Å². The van der Waals surface area contributed by atoms with Crippen molar-refractivity contribution in [2.45, 2.75) is 44.6 Å². The van der Waals surface area contributed by atoms with Crippen LogP contribution in [0.5, 0.6) is 0 Å². The highest BCUT2D eigenvalue weighted by molar-refractivity contribution is 4.90. The molecule has 0 heterocycles. The first-order valence-corrected chi connectivity index (χ1v) is 4.98. The lowest BCUT2D eigenvalue weighted by molar-refractivity contribution is 0.0891. The number of nitrogens with two attached hydrogens (primary N) is 1. The Labute approximate surface area is 75.5 Å². The van der Waals surface area contributed by atoms with Crippen LogP contribution in [0.4, 0.5) is 0 Å². The minimum atomic E-state index is -0.0202. The highest BCUT2D eigenvalue weighted by Gasteiger charge is 2.31. The molecule has 0 saturated heterocycles. The fraction of sp³-hybridized carbons (Fsp3) is 1.00. The van der Waals surface area contributed by atoms with Crippen molar-refractivity contribution in [3.8, 4) is 0 Å². The summed E-state index contributed by atoms with van der Waals surface area (Å²) in [6.45, 7) is 2.98. The van der Waals surface area contributed by atoms with Crippen molar-refractivity contribution in [2.24, 2.45) is 11.7 Å². The maximum Gasteiger partial charge on any atom is 0.0642 e. The molecule has 1 saturated carbocycles. The highest BCUT2D eigenvalue weighted by Crippen LogP contribution is 2.32. The van der Waals surface area contributed by atoms with E-state index in [9.17, 15) is 0 Å². The summed E-state index contributed by atoms with van der Waals surface area (Å²) >= 11 is 0. The number of hydrogen-bond donors (Lipinski definition) is 1. The zero-order valence-corrected chi connectivity index (χ0v) is 8.31. The van der Waals surface area contributed by atoms with Gasteiger partial charge in [-0.25, -0.2) is 0 Å². The molecule has 0 aromatic heterocycles. The van der Waals surface area contributed by atoms with Crippen molar-refractivity contribution in [3.63, 3.8) is 0 Å². The van der Waals surface area contributed by atoms with Crippen molar-refractivity contribution in [3.05, 3.63) is 0 Å². The molecule has 2 unspecified atom stereocenters. The predicted molar refractivity (Wildman–Crippen MR) is 51.0 cm³/mol. The molecule has 0 spiro atoms. The standard InChI is InChI=1S/C10H21NO/c1-3-9-5-4-6-10(11,7-9)8-12-2/h9H,3-8,11H2,1-2H3. The van der Waals surface area contributed by atoms with E-state index in [0.717, 1.165) is 25.4 Å². The zero-order valence-electron chi connectivity index (χ0n) is 8.31. The SMILES string of the molecule is CCC1CCCC(N)(COC)C1. The molecule has 0 radical (unpaired) electrons. The van der Waals surface area contributed by atoms with E-state index in [1.165, 1.54) is 19.3 Å². The number of hydrogen-bond acceptors (Lipinski definition) is 2. The summed E-state index contributed by atoms with van der Waals surface area (Å²) in [6, 6.07) is 0. The molecule has 72 valence electrons. The average Bonchev–Trinajstić information content (AvgIpc) is 2.04. The monoisotopic (exact) mass is 171 g/mol. The van der Waals surface area contributed by atoms with E-state index >= 15 is 0 Å². The highest BCUT2D eigenvalue weighted by atomic mass is 16.5. The summed E-state index contributed by atoms with van der Waals surface area (Å²) in [5.41, 5.74) is 6.19. The Morgan fingerprint density at radius 3 is 2.92 bits per heavy atom. The molecule has 1 aliphatic rings. The molecule has 2 nitrogen and oxygen atoms in total. The lowest BCUT2D eigenvalue weighted by Crippen LogP contribution is -2.48. The van der Waals surface area contributed by atoms with Gasteiger partial charge in [-0.15, -0.1) is 0 Å². The van der Waals surface area contributed by atoms with Gasteiger partial charge in [-0.05, 0) is 18.8 Å². The fourth-order valence-corrected chi connectivity index (χ4v) is 2.29. The van der Waals surface area contributed by atoms with Gasteiger partial charge in [0.25, 0.3) is 0 Å². The Morgan fingerprint density at radius 2 is 2.33 bits per heavy atom. The van der Waals surface area contributed by atoms with Crippen LogP contribution in [0.3, 0.4) is 0 Å². The summed E-state index contributed by atoms with van der Waals surface area (Å²) in [5.74, 6) is 0.832. The molecular weight excluding hydrogens is 150 g/mol. The fourth-order valence-electron chi connectivity index (χ4n) is 2.29. The van der Waals surface area contributed by atoms with Crippen LogP contribution in [0.25, 0.3) is 0 Å². The minimum Gasteiger partial charge on any atom is -0.383 e. The van der Waals surface area contributed by atoms with E-state index in [1.807, 2.05) is 0 Å². The van der Waals surface area contributed by atoms with Gasteiger partial charge in [-0.1, -0.05) is 26.2 Å². The second-order valence-electron chi connectivity index (χ2n) is 4.17. The summed E-state index contributed by atoms with van der Waals surface area (Å²) in [5, 5.41) is 0. The molecule has 12 heavy (non-hydrogen) atoms. The predicted octanol–water partition coefficient (Wildman–Crippen LogP) is 1.93. The second kappa shape index (κ2) is 4.24. The summed E-state index contributed by atoms with van der Waals surface area (Å²) in [4.78, 5) is 0. The molecule has 1 rings (SSSR count). The van der Waals surface area contributed by atoms with E-state index in [4.69, 9.17) is 10.5 Å². The van der Waals surface area contributed by atoms with E-state index in [-0.39, 0.29) is 5.54 Å². The van der Waals surface area contributed by atoms with Crippen molar-refractivity contribution < 1.29 is 4.74 Å². The molecule has 2 atom stereocenters. The van der Waals surface area contributed by atoms with Crippen LogP contribution in [0.15, 0.2) is 0 Å². The Kier molecular flexibility index (Phi) is 3.53. The van der Waals surface area contributed by atoms with Crippen LogP contribution < -0.4 is 5.73 Å². The molecule has 1 fully saturated rings. The van der Waals surface area contributed by atoms with Crippen molar-refractivity contribution in [2.75, 3.05) is 13.7 Å². The first-order valence-electron chi connectivity index (χ1n) is 4.98. The maximum absolute atomic E-state index is 6.21. The normalized spacial score (nSPS) is 36.8. The van der Waals surface area contributed by atoms with Gasteiger partial charge < -0.3 is 10.5 Å². The molecular formula is C10H21NO. The van der Waals surface area contributed by atoms with Gasteiger partial charge in [0, 0.05) is 12.6 Å². The largest absolute Gasteiger partial charge is 0.383 e. The smallest absolute Gasteiger partial charge is 0.0642 e. The van der Waals surface area contributed by atoms with Crippen LogP contribution in [0, 0.1) is 5.92 Å². The van der Waals surface area contributed by atoms with Gasteiger partial charge in [0.15, 0.2) is 0 Å². The van der Waals surface area contributed by atoms with Crippen molar-refractivity contribution in [1.82, 2.24) is 0 Å². The molecule has 2 N–H and O–H groups in total. The van der Waals surface area contributed by atoms with E-state index < -0.39 is 0 Å². The van der Waals surface area contributed by atoms with Crippen LogP contribution >= 0.6 is 0 Å². The third kappa shape index (κ3) is 2.46. The maximum atomic E-state index is 6.21. The van der Waals surface area contributed by atoms with Crippen LogP contribution in [-0.4, -0.2) is 19.3 Å². The van der Waals surface area contributed by atoms with E-state index in [1.54, 1.807) is 7.11 Å². The Balaban J connectivity index is 2.43. The lowest BCUT2D eigenvalue weighted by atomic mass is 9.76. The van der Waals surface area contributed by atoms with Gasteiger partial charge in [0.2, 0.25) is 0 Å². The third-order valence-corrected chi connectivity index (χ3v) is 2.99. The molecule has 0 aromatic rings. The first-order chi connectivity index (χ1) is 5.70. The second-order valence-corrected chi connectivity index (χ2v) is 4.17. The van der Waals surface area contributed by atoms with Crippen molar-refractivity contribution in [1.29, 1.82) is 0 Å². The quantitative estimate of drug-likeness (QED) is 0.704. The number of ether oxygens (including phenoxy) is 1. The Morgan fingerprint density at radius 1 is 1.58 bits per heavy atom. The van der Waals surface area contributed by atoms with Crippen molar-refractivity contribution >= 4 is 0 Å². The molecule has 0 aromatic carbocycles. The molecule has 0 bridgehead atoms. The lowest BCUT2D eigenvalue weighted by Gasteiger charge is -2.37. The van der Waals surface area contributed by atoms with E-state index in [2.05, 4.69) is 6.92 Å². The van der Waals surface area contributed by atoms with E-state index in [0.29, 0.717) is 0 Å². The first kappa shape index (κ1) is 10.0. The van der Waals surface area contributed by atoms with Gasteiger partial charge in [0.1, 0.15) is 0 Å². The zero-order chi connectivity index (χ0) is 9.03. The number of methoxy groups -OCH3 is 1. The minimum absolute atomic E-state index is 0.0202. The summed E-state index contributed by atoms with van der Waals surface area (Å²) in [7, 11) is 1.74. The Hall–Kier alpha value is -0.0800. The number of rotatable bonds is 3. The topological polar surface area (TPSA) is 35.2 Å². The molecule has 2 heteroatoms. The average molecular weight is 171 g/mol. The van der Waals surface area contributed by atoms with Gasteiger partial charge in [-0.2, -0.15) is 0 Å². The van der Waals surface area contributed by atoms with Gasteiger partial charge >= 0.3 is 0 Å². The van der Waals surface area contributed by atoms with Crippen LogP contribution in [-0.2, 0) is 4.74 Å². The Bertz CT molecular complexity index is 134. The van der Waals surface area contributed by atoms with Crippen LogP contribution in [0.1, 0.15) is 39.0 Å². The third-order valence-electron chi connectivity index (χ3n) is 2.99. The molecule has 0 amide bonds. The summed E-state index contributed by atoms with van der Waals surface area (Å²) < 4.78 is 5.15.